The van der Waals surface area contributed by atoms with Crippen molar-refractivity contribution in [3.05, 3.63) is 0 Å². The Bertz CT molecular complexity index is 284. The van der Waals surface area contributed by atoms with Gasteiger partial charge in [0.2, 0.25) is 5.91 Å². The Labute approximate surface area is 121 Å². The molecule has 0 unspecified atom stereocenters. The third-order valence-corrected chi connectivity index (χ3v) is 4.29. The predicted octanol–water partition coefficient (Wildman–Crippen LogP) is 1.29. The Morgan fingerprint density at radius 2 is 1.84 bits per heavy atom. The van der Waals surface area contributed by atoms with E-state index in [0.29, 0.717) is 13.0 Å². The molecule has 112 valence electrons. The number of aliphatic hydroxyl groups is 1. The molecule has 0 aromatic heterocycles. The fourth-order valence-electron chi connectivity index (χ4n) is 2.05. The average Bonchev–Trinajstić information content (AvgIpc) is 2.35. The van der Waals surface area contributed by atoms with Crippen LogP contribution in [0.4, 0.5) is 0 Å². The molecule has 0 aromatic rings. The molecule has 1 N–H and O–H groups in total. The first-order valence-corrected chi connectivity index (χ1v) is 8.41. The highest BCUT2D eigenvalue weighted by Crippen LogP contribution is 2.20. The molecule has 1 saturated heterocycles. The van der Waals surface area contributed by atoms with E-state index in [0.717, 1.165) is 31.9 Å². The molecule has 4 nitrogen and oxygen atoms in total. The second kappa shape index (κ2) is 7.50. The average molecular weight is 288 g/mol. The van der Waals surface area contributed by atoms with Crippen LogP contribution in [0.2, 0.25) is 0 Å². The first-order chi connectivity index (χ1) is 8.84. The summed E-state index contributed by atoms with van der Waals surface area (Å²) < 4.78 is 0. The zero-order chi connectivity index (χ0) is 14.5. The highest BCUT2D eigenvalue weighted by Gasteiger charge is 2.27. The van der Waals surface area contributed by atoms with Crippen LogP contribution >= 0.6 is 11.8 Å². The SMILES string of the molecule is CSCCC(=O)N1CCN(C[C@H](O)C(C)(C)C)CC1. The molecule has 1 fully saturated rings. The van der Waals surface area contributed by atoms with Crippen LogP contribution in [-0.4, -0.2) is 71.6 Å². The van der Waals surface area contributed by atoms with Crippen molar-refractivity contribution in [3.63, 3.8) is 0 Å². The van der Waals surface area contributed by atoms with Gasteiger partial charge in [0.25, 0.3) is 0 Å². The molecule has 0 spiro atoms. The van der Waals surface area contributed by atoms with E-state index >= 15 is 0 Å². The number of carbonyl (C=O) groups excluding carboxylic acids is 1. The zero-order valence-electron chi connectivity index (χ0n) is 12.7. The maximum Gasteiger partial charge on any atom is 0.223 e. The van der Waals surface area contributed by atoms with Gasteiger partial charge in [-0.2, -0.15) is 11.8 Å². The molecule has 1 amide bonds. The fourth-order valence-corrected chi connectivity index (χ4v) is 2.42. The Hall–Kier alpha value is -0.260. The van der Waals surface area contributed by atoms with Crippen LogP contribution < -0.4 is 0 Å². The van der Waals surface area contributed by atoms with Crippen LogP contribution in [0, 0.1) is 5.41 Å². The van der Waals surface area contributed by atoms with Gasteiger partial charge in [-0.1, -0.05) is 20.8 Å². The molecular weight excluding hydrogens is 260 g/mol. The van der Waals surface area contributed by atoms with E-state index in [1.165, 1.54) is 0 Å². The van der Waals surface area contributed by atoms with Crippen molar-refractivity contribution in [1.29, 1.82) is 0 Å². The summed E-state index contributed by atoms with van der Waals surface area (Å²) in [6, 6.07) is 0. The molecule has 0 aromatic carbocycles. The smallest absolute Gasteiger partial charge is 0.223 e. The molecule has 0 radical (unpaired) electrons. The molecule has 1 aliphatic rings. The van der Waals surface area contributed by atoms with Crippen molar-refractivity contribution >= 4 is 17.7 Å². The normalized spacial score (nSPS) is 19.5. The topological polar surface area (TPSA) is 43.8 Å². The monoisotopic (exact) mass is 288 g/mol. The van der Waals surface area contributed by atoms with Crippen LogP contribution in [0.15, 0.2) is 0 Å². The van der Waals surface area contributed by atoms with Gasteiger partial charge in [-0.15, -0.1) is 0 Å². The standard InChI is InChI=1S/C14H28N2O2S/c1-14(2,3)12(17)11-15-6-8-16(9-7-15)13(18)5-10-19-4/h12,17H,5-11H2,1-4H3/t12-/m0/s1. The largest absolute Gasteiger partial charge is 0.391 e. The van der Waals surface area contributed by atoms with Gasteiger partial charge in [-0.3, -0.25) is 9.69 Å². The highest BCUT2D eigenvalue weighted by atomic mass is 32.2. The Kier molecular flexibility index (Phi) is 6.63. The molecule has 0 bridgehead atoms. The number of carbonyl (C=O) groups is 1. The van der Waals surface area contributed by atoms with E-state index in [-0.39, 0.29) is 17.4 Å². The predicted molar refractivity (Wildman–Crippen MR) is 81.5 cm³/mol. The number of hydrogen-bond acceptors (Lipinski definition) is 4. The van der Waals surface area contributed by atoms with Crippen molar-refractivity contribution < 1.29 is 9.90 Å². The zero-order valence-corrected chi connectivity index (χ0v) is 13.5. The molecule has 1 rings (SSSR count). The molecule has 19 heavy (non-hydrogen) atoms. The van der Waals surface area contributed by atoms with Crippen LogP contribution in [0.25, 0.3) is 0 Å². The van der Waals surface area contributed by atoms with Gasteiger partial charge in [0.15, 0.2) is 0 Å². The van der Waals surface area contributed by atoms with Gasteiger partial charge in [-0.05, 0) is 11.7 Å². The maximum absolute atomic E-state index is 11.9. The maximum atomic E-state index is 11.9. The van der Waals surface area contributed by atoms with E-state index in [1.807, 2.05) is 11.2 Å². The minimum atomic E-state index is -0.314. The van der Waals surface area contributed by atoms with E-state index in [2.05, 4.69) is 25.7 Å². The van der Waals surface area contributed by atoms with E-state index in [1.54, 1.807) is 11.8 Å². The summed E-state index contributed by atoms with van der Waals surface area (Å²) in [6.45, 7) is 10.2. The third kappa shape index (κ3) is 5.71. The van der Waals surface area contributed by atoms with Gasteiger partial charge >= 0.3 is 0 Å². The second-order valence-electron chi connectivity index (χ2n) is 6.31. The first kappa shape index (κ1) is 16.8. The summed E-state index contributed by atoms with van der Waals surface area (Å²) in [7, 11) is 0. The minimum Gasteiger partial charge on any atom is -0.391 e. The number of nitrogens with zero attached hydrogens (tertiary/aromatic N) is 2. The molecular formula is C14H28N2O2S. The van der Waals surface area contributed by atoms with Gasteiger partial charge < -0.3 is 10.0 Å². The van der Waals surface area contributed by atoms with Crippen molar-refractivity contribution in [2.75, 3.05) is 44.7 Å². The summed E-state index contributed by atoms with van der Waals surface area (Å²) >= 11 is 1.71. The number of rotatable bonds is 5. The summed E-state index contributed by atoms with van der Waals surface area (Å²) in [6.07, 6.45) is 2.36. The van der Waals surface area contributed by atoms with E-state index in [4.69, 9.17) is 0 Å². The molecule has 0 aliphatic carbocycles. The lowest BCUT2D eigenvalue weighted by Gasteiger charge is -2.38. The summed E-state index contributed by atoms with van der Waals surface area (Å²) in [5, 5.41) is 10.1. The third-order valence-electron chi connectivity index (χ3n) is 3.68. The molecule has 5 heteroatoms. The fraction of sp³-hybridized carbons (Fsp3) is 0.929. The lowest BCUT2D eigenvalue weighted by molar-refractivity contribution is -0.132. The van der Waals surface area contributed by atoms with E-state index in [9.17, 15) is 9.90 Å². The van der Waals surface area contributed by atoms with Crippen LogP contribution in [0.1, 0.15) is 27.2 Å². The second-order valence-corrected chi connectivity index (χ2v) is 7.29. The summed E-state index contributed by atoms with van der Waals surface area (Å²) in [4.78, 5) is 16.1. The van der Waals surface area contributed by atoms with Crippen LogP contribution in [0.5, 0.6) is 0 Å². The number of aliphatic hydroxyl groups excluding tert-OH is 1. The minimum absolute atomic E-state index is 0.0781. The lowest BCUT2D eigenvalue weighted by atomic mass is 9.89. The van der Waals surface area contributed by atoms with Crippen molar-refractivity contribution in [2.45, 2.75) is 33.3 Å². The number of thioether (sulfide) groups is 1. The molecule has 0 saturated carbocycles. The quantitative estimate of drug-likeness (QED) is 0.828. The molecule has 1 aliphatic heterocycles. The van der Waals surface area contributed by atoms with Gasteiger partial charge in [0, 0.05) is 44.9 Å². The van der Waals surface area contributed by atoms with Gasteiger partial charge in [0.05, 0.1) is 6.10 Å². The first-order valence-electron chi connectivity index (χ1n) is 7.01. The summed E-state index contributed by atoms with van der Waals surface area (Å²) in [5.74, 6) is 1.17. The molecule has 1 heterocycles. The number of β-amino-alcohol motifs (C(OH)–C–C–N with tert-alkyl or cyclic N) is 1. The highest BCUT2D eigenvalue weighted by molar-refractivity contribution is 7.98. The van der Waals surface area contributed by atoms with Crippen LogP contribution in [-0.2, 0) is 4.79 Å². The number of hydrogen-bond donors (Lipinski definition) is 1. The van der Waals surface area contributed by atoms with Crippen molar-refractivity contribution in [2.24, 2.45) is 5.41 Å². The van der Waals surface area contributed by atoms with Gasteiger partial charge in [0.1, 0.15) is 0 Å². The van der Waals surface area contributed by atoms with Crippen molar-refractivity contribution in [1.82, 2.24) is 9.80 Å². The molecule has 1 atom stereocenters. The number of piperazine rings is 1. The van der Waals surface area contributed by atoms with Crippen molar-refractivity contribution in [3.8, 4) is 0 Å². The Balaban J connectivity index is 2.31. The Morgan fingerprint density at radius 1 is 1.26 bits per heavy atom. The van der Waals surface area contributed by atoms with Crippen LogP contribution in [0.3, 0.4) is 0 Å². The lowest BCUT2D eigenvalue weighted by Crippen LogP contribution is -2.51. The van der Waals surface area contributed by atoms with Gasteiger partial charge in [-0.25, -0.2) is 0 Å². The summed E-state index contributed by atoms with van der Waals surface area (Å²) in [5.41, 5.74) is -0.0781. The van der Waals surface area contributed by atoms with E-state index < -0.39 is 0 Å². The number of amides is 1. The Morgan fingerprint density at radius 3 is 2.32 bits per heavy atom.